The Morgan fingerprint density at radius 1 is 1.09 bits per heavy atom. The van der Waals surface area contributed by atoms with Crippen LogP contribution >= 0.6 is 0 Å². The summed E-state index contributed by atoms with van der Waals surface area (Å²) in [4.78, 5) is 34.6. The number of benzene rings is 1. The minimum absolute atomic E-state index is 0.198. The van der Waals surface area contributed by atoms with Crippen LogP contribution in [0.25, 0.3) is 0 Å². The van der Waals surface area contributed by atoms with Crippen LogP contribution in [0.15, 0.2) is 30.3 Å². The molecule has 0 aliphatic carbocycles. The van der Waals surface area contributed by atoms with Crippen molar-refractivity contribution in [3.8, 4) is 0 Å². The summed E-state index contributed by atoms with van der Waals surface area (Å²) >= 11 is 0. The third-order valence-corrected chi connectivity index (χ3v) is 3.31. The average molecular weight is 320 g/mol. The summed E-state index contributed by atoms with van der Waals surface area (Å²) in [5.41, 5.74) is 0.821. The van der Waals surface area contributed by atoms with Crippen molar-refractivity contribution in [2.75, 3.05) is 6.54 Å². The quantitative estimate of drug-likeness (QED) is 0.640. The van der Waals surface area contributed by atoms with Gasteiger partial charge in [0.15, 0.2) is 0 Å². The van der Waals surface area contributed by atoms with Gasteiger partial charge in [-0.15, -0.1) is 0 Å². The van der Waals surface area contributed by atoms with Crippen LogP contribution in [0.3, 0.4) is 0 Å². The maximum Gasteiger partial charge on any atom is 0.326 e. The lowest BCUT2D eigenvalue weighted by atomic mass is 10.1. The Bertz CT molecular complexity index is 529. The summed E-state index contributed by atoms with van der Waals surface area (Å²) in [7, 11) is 0. The largest absolute Gasteiger partial charge is 0.480 e. The number of aliphatic carboxylic acids is 1. The minimum atomic E-state index is -1.10. The molecule has 6 heteroatoms. The van der Waals surface area contributed by atoms with Crippen LogP contribution in [-0.4, -0.2) is 35.5 Å². The normalized spacial score (nSPS) is 11.8. The Labute approximate surface area is 136 Å². The van der Waals surface area contributed by atoms with Crippen molar-refractivity contribution >= 4 is 17.8 Å². The van der Waals surface area contributed by atoms with Crippen molar-refractivity contribution in [3.05, 3.63) is 35.9 Å². The number of carbonyl (C=O) groups excluding carboxylic acids is 2. The molecule has 0 saturated heterocycles. The van der Waals surface area contributed by atoms with Crippen LogP contribution in [0.1, 0.15) is 32.3 Å². The Kier molecular flexibility index (Phi) is 7.80. The molecule has 126 valence electrons. The number of hydrogen-bond acceptors (Lipinski definition) is 3. The highest BCUT2D eigenvalue weighted by molar-refractivity contribution is 5.87. The number of carboxylic acids is 1. The molecule has 0 saturated carbocycles. The van der Waals surface area contributed by atoms with E-state index < -0.39 is 17.9 Å². The Morgan fingerprint density at radius 2 is 1.74 bits per heavy atom. The third-order valence-electron chi connectivity index (χ3n) is 3.31. The topological polar surface area (TPSA) is 95.5 Å². The van der Waals surface area contributed by atoms with Gasteiger partial charge < -0.3 is 15.7 Å². The Balaban J connectivity index is 2.42. The molecule has 1 aromatic carbocycles. The fraction of sp³-hybridized carbons (Fsp3) is 0.471. The summed E-state index contributed by atoms with van der Waals surface area (Å²) < 4.78 is 0. The molecule has 3 N–H and O–H groups in total. The van der Waals surface area contributed by atoms with Gasteiger partial charge in [0.1, 0.15) is 6.04 Å². The highest BCUT2D eigenvalue weighted by Gasteiger charge is 2.20. The van der Waals surface area contributed by atoms with Gasteiger partial charge in [-0.25, -0.2) is 4.79 Å². The highest BCUT2D eigenvalue weighted by atomic mass is 16.4. The maximum atomic E-state index is 11.8. The fourth-order valence-corrected chi connectivity index (χ4v) is 1.98. The molecule has 1 aromatic rings. The number of amides is 2. The molecule has 0 unspecified atom stereocenters. The third kappa shape index (κ3) is 7.99. The van der Waals surface area contributed by atoms with Crippen LogP contribution in [0.5, 0.6) is 0 Å². The van der Waals surface area contributed by atoms with E-state index >= 15 is 0 Å². The van der Waals surface area contributed by atoms with Crippen molar-refractivity contribution in [2.24, 2.45) is 5.92 Å². The molecule has 0 fully saturated rings. The van der Waals surface area contributed by atoms with E-state index in [1.807, 2.05) is 32.0 Å². The SMILES string of the molecule is CC(C)CCC(=O)NCC(=O)N[C@@H](Cc1ccccc1)C(=O)O. The van der Waals surface area contributed by atoms with Gasteiger partial charge in [0.05, 0.1) is 6.54 Å². The van der Waals surface area contributed by atoms with Crippen LogP contribution in [-0.2, 0) is 20.8 Å². The average Bonchev–Trinajstić information content (AvgIpc) is 2.51. The number of rotatable bonds is 9. The van der Waals surface area contributed by atoms with Crippen molar-refractivity contribution in [1.82, 2.24) is 10.6 Å². The number of hydrogen-bond donors (Lipinski definition) is 3. The number of carboxylic acid groups (broad SMARTS) is 1. The lowest BCUT2D eigenvalue weighted by Crippen LogP contribution is -2.46. The van der Waals surface area contributed by atoms with Gasteiger partial charge in [-0.1, -0.05) is 44.2 Å². The van der Waals surface area contributed by atoms with E-state index in [4.69, 9.17) is 0 Å². The number of carbonyl (C=O) groups is 3. The lowest BCUT2D eigenvalue weighted by molar-refractivity contribution is -0.141. The zero-order valence-corrected chi connectivity index (χ0v) is 13.5. The minimum Gasteiger partial charge on any atom is -0.480 e. The maximum absolute atomic E-state index is 11.8. The second-order valence-corrected chi connectivity index (χ2v) is 5.86. The second-order valence-electron chi connectivity index (χ2n) is 5.86. The molecule has 0 radical (unpaired) electrons. The first-order chi connectivity index (χ1) is 10.9. The zero-order valence-electron chi connectivity index (χ0n) is 13.5. The van der Waals surface area contributed by atoms with E-state index in [0.29, 0.717) is 12.3 Å². The molecule has 0 bridgehead atoms. The monoisotopic (exact) mass is 320 g/mol. The van der Waals surface area contributed by atoms with E-state index in [9.17, 15) is 19.5 Å². The van der Waals surface area contributed by atoms with E-state index in [1.54, 1.807) is 12.1 Å². The molecule has 0 aromatic heterocycles. The predicted octanol–water partition coefficient (Wildman–Crippen LogP) is 1.35. The standard InChI is InChI=1S/C17H24N2O4/c1-12(2)8-9-15(20)18-11-16(21)19-14(17(22)23)10-13-6-4-3-5-7-13/h3-7,12,14H,8-11H2,1-2H3,(H,18,20)(H,19,21)(H,22,23)/t14-/m0/s1. The molecule has 0 aliphatic heterocycles. The first-order valence-electron chi connectivity index (χ1n) is 7.71. The van der Waals surface area contributed by atoms with Crippen molar-refractivity contribution in [3.63, 3.8) is 0 Å². The first kappa shape index (κ1) is 18.7. The Hall–Kier alpha value is -2.37. The summed E-state index contributed by atoms with van der Waals surface area (Å²) in [6, 6.07) is 8.05. The Morgan fingerprint density at radius 3 is 2.30 bits per heavy atom. The molecule has 0 spiro atoms. The molecule has 0 heterocycles. The first-order valence-corrected chi connectivity index (χ1v) is 7.71. The van der Waals surface area contributed by atoms with Crippen LogP contribution in [0.4, 0.5) is 0 Å². The van der Waals surface area contributed by atoms with E-state index in [0.717, 1.165) is 12.0 Å². The van der Waals surface area contributed by atoms with Gasteiger partial charge in [-0.05, 0) is 17.9 Å². The van der Waals surface area contributed by atoms with Crippen LogP contribution in [0.2, 0.25) is 0 Å². The van der Waals surface area contributed by atoms with Crippen LogP contribution < -0.4 is 10.6 Å². The molecule has 2 amide bonds. The summed E-state index contributed by atoms with van der Waals surface area (Å²) in [5.74, 6) is -1.40. The smallest absolute Gasteiger partial charge is 0.326 e. The summed E-state index contributed by atoms with van der Waals surface area (Å²) in [5, 5.41) is 14.1. The van der Waals surface area contributed by atoms with Gasteiger partial charge in [-0.3, -0.25) is 9.59 Å². The number of nitrogens with one attached hydrogen (secondary N) is 2. The van der Waals surface area contributed by atoms with Crippen molar-refractivity contribution in [2.45, 2.75) is 39.2 Å². The molecular weight excluding hydrogens is 296 g/mol. The van der Waals surface area contributed by atoms with Gasteiger partial charge in [0.2, 0.25) is 11.8 Å². The highest BCUT2D eigenvalue weighted by Crippen LogP contribution is 2.04. The van der Waals surface area contributed by atoms with Gasteiger partial charge in [0, 0.05) is 12.8 Å². The van der Waals surface area contributed by atoms with Gasteiger partial charge in [0.25, 0.3) is 0 Å². The van der Waals surface area contributed by atoms with E-state index in [2.05, 4.69) is 10.6 Å². The lowest BCUT2D eigenvalue weighted by Gasteiger charge is -2.15. The van der Waals surface area contributed by atoms with Crippen LogP contribution in [0, 0.1) is 5.92 Å². The second kappa shape index (κ2) is 9.61. The van der Waals surface area contributed by atoms with E-state index in [-0.39, 0.29) is 18.9 Å². The van der Waals surface area contributed by atoms with Gasteiger partial charge >= 0.3 is 5.97 Å². The molecule has 1 atom stereocenters. The van der Waals surface area contributed by atoms with Gasteiger partial charge in [-0.2, -0.15) is 0 Å². The fourth-order valence-electron chi connectivity index (χ4n) is 1.98. The molecule has 23 heavy (non-hydrogen) atoms. The van der Waals surface area contributed by atoms with Crippen molar-refractivity contribution < 1.29 is 19.5 Å². The summed E-state index contributed by atoms with van der Waals surface area (Å²) in [6.07, 6.45) is 1.31. The molecule has 1 rings (SSSR count). The summed E-state index contributed by atoms with van der Waals surface area (Å²) in [6.45, 7) is 3.82. The molecule has 0 aliphatic rings. The zero-order chi connectivity index (χ0) is 17.2. The predicted molar refractivity (Wildman–Crippen MR) is 86.8 cm³/mol. The van der Waals surface area contributed by atoms with E-state index in [1.165, 1.54) is 0 Å². The van der Waals surface area contributed by atoms with Crippen molar-refractivity contribution in [1.29, 1.82) is 0 Å². The molecule has 6 nitrogen and oxygen atoms in total. The molecular formula is C17H24N2O4.